The van der Waals surface area contributed by atoms with Gasteiger partial charge in [-0.15, -0.1) is 0 Å². The monoisotopic (exact) mass is 263 g/mol. The van der Waals surface area contributed by atoms with Gasteiger partial charge in [-0.2, -0.15) is 0 Å². The van der Waals surface area contributed by atoms with Crippen LogP contribution in [0, 0.1) is 0 Å². The number of ether oxygens (including phenoxy) is 2. The molecule has 0 radical (unpaired) electrons. The lowest BCUT2D eigenvalue weighted by Crippen LogP contribution is -1.99. The van der Waals surface area contributed by atoms with Crippen LogP contribution in [0.2, 0.25) is 5.02 Å². The number of methoxy groups -OCH3 is 1. The number of anilines is 1. The van der Waals surface area contributed by atoms with Gasteiger partial charge in [0.2, 0.25) is 0 Å². The number of hydrogen-bond acceptors (Lipinski definition) is 3. The Bertz CT molecular complexity index is 543. The number of para-hydroxylation sites is 2. The zero-order valence-corrected chi connectivity index (χ0v) is 10.8. The minimum atomic E-state index is 0.351. The smallest absolute Gasteiger partial charge is 0.161 e. The second-order valence-corrected chi connectivity index (χ2v) is 4.20. The predicted molar refractivity (Wildman–Crippen MR) is 73.2 cm³/mol. The summed E-state index contributed by atoms with van der Waals surface area (Å²) in [6.07, 6.45) is 0. The van der Waals surface area contributed by atoms with Gasteiger partial charge in [0.05, 0.1) is 7.11 Å². The van der Waals surface area contributed by atoms with Crippen LogP contribution in [0.25, 0.3) is 0 Å². The molecule has 18 heavy (non-hydrogen) atoms. The van der Waals surface area contributed by atoms with Crippen molar-refractivity contribution < 1.29 is 9.47 Å². The van der Waals surface area contributed by atoms with Crippen LogP contribution in [-0.2, 0) is 6.61 Å². The van der Waals surface area contributed by atoms with E-state index in [0.717, 1.165) is 5.56 Å². The van der Waals surface area contributed by atoms with Crippen LogP contribution >= 0.6 is 11.6 Å². The molecule has 2 N–H and O–H groups in total. The molecule has 0 aliphatic rings. The Balaban J connectivity index is 2.14. The van der Waals surface area contributed by atoms with E-state index < -0.39 is 0 Å². The van der Waals surface area contributed by atoms with Crippen molar-refractivity contribution in [1.29, 1.82) is 0 Å². The number of nitrogens with two attached hydrogens (primary N) is 1. The van der Waals surface area contributed by atoms with Gasteiger partial charge in [-0.25, -0.2) is 0 Å². The van der Waals surface area contributed by atoms with Gasteiger partial charge in [0.25, 0.3) is 0 Å². The minimum absolute atomic E-state index is 0.351. The maximum atomic E-state index is 6.07. The maximum absolute atomic E-state index is 6.07. The van der Waals surface area contributed by atoms with Crippen LogP contribution < -0.4 is 15.2 Å². The molecule has 4 heteroatoms. The molecule has 3 nitrogen and oxygen atoms in total. The lowest BCUT2D eigenvalue weighted by Gasteiger charge is -2.11. The summed E-state index contributed by atoms with van der Waals surface area (Å²) in [7, 11) is 1.61. The summed E-state index contributed by atoms with van der Waals surface area (Å²) in [6, 6.07) is 12.8. The lowest BCUT2D eigenvalue weighted by atomic mass is 10.2. The van der Waals surface area contributed by atoms with E-state index in [4.69, 9.17) is 26.8 Å². The molecular weight excluding hydrogens is 250 g/mol. The quantitative estimate of drug-likeness (QED) is 0.859. The number of rotatable bonds is 4. The predicted octanol–water partition coefficient (Wildman–Crippen LogP) is 3.51. The molecule has 0 saturated heterocycles. The molecule has 0 bridgehead atoms. The topological polar surface area (TPSA) is 44.5 Å². The first kappa shape index (κ1) is 12.6. The van der Waals surface area contributed by atoms with Crippen molar-refractivity contribution in [3.63, 3.8) is 0 Å². The van der Waals surface area contributed by atoms with E-state index in [1.54, 1.807) is 25.3 Å². The second kappa shape index (κ2) is 5.65. The largest absolute Gasteiger partial charge is 0.493 e. The Morgan fingerprint density at radius 3 is 2.56 bits per heavy atom. The van der Waals surface area contributed by atoms with E-state index in [0.29, 0.717) is 28.8 Å². The molecule has 2 rings (SSSR count). The molecule has 2 aromatic carbocycles. The van der Waals surface area contributed by atoms with Gasteiger partial charge in [-0.3, -0.25) is 0 Å². The zero-order chi connectivity index (χ0) is 13.0. The first-order valence-electron chi connectivity index (χ1n) is 5.50. The fraction of sp³-hybridized carbons (Fsp3) is 0.143. The van der Waals surface area contributed by atoms with Gasteiger partial charge in [0, 0.05) is 16.3 Å². The van der Waals surface area contributed by atoms with Crippen LogP contribution in [0.4, 0.5) is 5.69 Å². The molecule has 0 unspecified atom stereocenters. The van der Waals surface area contributed by atoms with Crippen LogP contribution in [0.1, 0.15) is 5.56 Å². The van der Waals surface area contributed by atoms with E-state index in [9.17, 15) is 0 Å². The van der Waals surface area contributed by atoms with Gasteiger partial charge < -0.3 is 15.2 Å². The number of benzene rings is 2. The van der Waals surface area contributed by atoms with Gasteiger partial charge in [-0.05, 0) is 30.3 Å². The number of nitrogen functional groups attached to an aromatic ring is 1. The molecule has 0 saturated carbocycles. The maximum Gasteiger partial charge on any atom is 0.161 e. The van der Waals surface area contributed by atoms with E-state index in [1.165, 1.54) is 0 Å². The molecule has 0 heterocycles. The van der Waals surface area contributed by atoms with Crippen LogP contribution in [-0.4, -0.2) is 7.11 Å². The molecule has 0 amide bonds. The van der Waals surface area contributed by atoms with Crippen LogP contribution in [0.3, 0.4) is 0 Å². The first-order chi connectivity index (χ1) is 8.70. The van der Waals surface area contributed by atoms with E-state index in [2.05, 4.69) is 0 Å². The molecule has 2 aromatic rings. The van der Waals surface area contributed by atoms with Crippen molar-refractivity contribution in [2.24, 2.45) is 0 Å². The summed E-state index contributed by atoms with van der Waals surface area (Å²) in [5.41, 5.74) is 7.23. The molecule has 0 spiro atoms. The SMILES string of the molecule is COc1ccccc1OCc1cc(N)ccc1Cl. The summed E-state index contributed by atoms with van der Waals surface area (Å²) in [5.74, 6) is 1.37. The molecule has 0 aliphatic heterocycles. The van der Waals surface area contributed by atoms with Crippen molar-refractivity contribution in [3.8, 4) is 11.5 Å². The highest BCUT2D eigenvalue weighted by molar-refractivity contribution is 6.31. The average molecular weight is 264 g/mol. The molecule has 0 aliphatic carbocycles. The fourth-order valence-electron chi connectivity index (χ4n) is 1.60. The Morgan fingerprint density at radius 2 is 1.83 bits per heavy atom. The third-order valence-corrected chi connectivity index (χ3v) is 2.89. The molecule has 94 valence electrons. The van der Waals surface area contributed by atoms with Gasteiger partial charge in [-0.1, -0.05) is 23.7 Å². The standard InChI is InChI=1S/C14H14ClNO2/c1-17-13-4-2-3-5-14(13)18-9-10-8-11(16)6-7-12(10)15/h2-8H,9,16H2,1H3. The summed E-state index contributed by atoms with van der Waals surface area (Å²) in [4.78, 5) is 0. The number of halogens is 1. The third-order valence-electron chi connectivity index (χ3n) is 2.52. The van der Waals surface area contributed by atoms with E-state index >= 15 is 0 Å². The summed E-state index contributed by atoms with van der Waals surface area (Å²) in [6.45, 7) is 0.351. The number of hydrogen-bond donors (Lipinski definition) is 1. The Morgan fingerprint density at radius 1 is 1.11 bits per heavy atom. The third kappa shape index (κ3) is 2.87. The highest BCUT2D eigenvalue weighted by Crippen LogP contribution is 2.28. The van der Waals surface area contributed by atoms with E-state index in [1.807, 2.05) is 24.3 Å². The van der Waals surface area contributed by atoms with Crippen molar-refractivity contribution in [1.82, 2.24) is 0 Å². The summed E-state index contributed by atoms with van der Waals surface area (Å²) >= 11 is 6.07. The van der Waals surface area contributed by atoms with Crippen molar-refractivity contribution >= 4 is 17.3 Å². The van der Waals surface area contributed by atoms with Crippen molar-refractivity contribution in [2.75, 3.05) is 12.8 Å². The zero-order valence-electron chi connectivity index (χ0n) is 10.0. The highest BCUT2D eigenvalue weighted by atomic mass is 35.5. The summed E-state index contributed by atoms with van der Waals surface area (Å²) in [5, 5.41) is 0.638. The van der Waals surface area contributed by atoms with E-state index in [-0.39, 0.29) is 0 Å². The normalized spacial score (nSPS) is 10.1. The average Bonchev–Trinajstić information content (AvgIpc) is 2.40. The van der Waals surface area contributed by atoms with Gasteiger partial charge in [0.1, 0.15) is 6.61 Å². The molecule has 0 aromatic heterocycles. The molecule has 0 atom stereocenters. The Hall–Kier alpha value is -1.87. The Labute approximate surface area is 111 Å². The lowest BCUT2D eigenvalue weighted by molar-refractivity contribution is 0.284. The first-order valence-corrected chi connectivity index (χ1v) is 5.88. The Kier molecular flexibility index (Phi) is 3.95. The molecule has 0 fully saturated rings. The van der Waals surface area contributed by atoms with Crippen LogP contribution in [0.5, 0.6) is 11.5 Å². The van der Waals surface area contributed by atoms with Crippen LogP contribution in [0.15, 0.2) is 42.5 Å². The summed E-state index contributed by atoms with van der Waals surface area (Å²) < 4.78 is 10.9. The second-order valence-electron chi connectivity index (χ2n) is 3.79. The van der Waals surface area contributed by atoms with Crippen molar-refractivity contribution in [2.45, 2.75) is 6.61 Å². The fourth-order valence-corrected chi connectivity index (χ4v) is 1.77. The molecular formula is C14H14ClNO2. The van der Waals surface area contributed by atoms with Gasteiger partial charge >= 0.3 is 0 Å². The minimum Gasteiger partial charge on any atom is -0.493 e. The highest BCUT2D eigenvalue weighted by Gasteiger charge is 2.05. The van der Waals surface area contributed by atoms with Crippen molar-refractivity contribution in [3.05, 3.63) is 53.1 Å². The van der Waals surface area contributed by atoms with Gasteiger partial charge in [0.15, 0.2) is 11.5 Å².